The predicted molar refractivity (Wildman–Crippen MR) is 83.9 cm³/mol. The van der Waals surface area contributed by atoms with E-state index in [0.717, 1.165) is 24.8 Å². The molecule has 0 radical (unpaired) electrons. The molecule has 110 valence electrons. The van der Waals surface area contributed by atoms with Gasteiger partial charge in [0.05, 0.1) is 0 Å². The molecule has 0 saturated heterocycles. The van der Waals surface area contributed by atoms with Gasteiger partial charge in [0.25, 0.3) is 5.91 Å². The first-order chi connectivity index (χ1) is 9.50. The van der Waals surface area contributed by atoms with Crippen molar-refractivity contribution in [3.05, 3.63) is 35.4 Å². The second kappa shape index (κ2) is 6.43. The fourth-order valence-electron chi connectivity index (χ4n) is 3.03. The number of aryl methyl sites for hydroxylation is 1. The van der Waals surface area contributed by atoms with Gasteiger partial charge in [-0.05, 0) is 55.2 Å². The second-order valence-electron chi connectivity index (χ2n) is 6.88. The summed E-state index contributed by atoms with van der Waals surface area (Å²) >= 11 is 0. The normalized spacial score (nSPS) is 20.9. The number of carbonyl (C=O) groups is 1. The number of rotatable bonds is 5. The first kappa shape index (κ1) is 15.1. The van der Waals surface area contributed by atoms with Crippen LogP contribution in [0.3, 0.4) is 0 Å². The maximum Gasteiger partial charge on any atom is 0.251 e. The van der Waals surface area contributed by atoms with Crippen molar-refractivity contribution in [2.45, 2.75) is 65.3 Å². The fourth-order valence-corrected chi connectivity index (χ4v) is 3.03. The number of unbranched alkanes of at least 4 members (excludes halogenated alkanes) is 1. The predicted octanol–water partition coefficient (Wildman–Crippen LogP) is 4.34. The second-order valence-corrected chi connectivity index (χ2v) is 6.88. The van der Waals surface area contributed by atoms with Gasteiger partial charge in [0.2, 0.25) is 0 Å². The molecule has 0 aromatic heterocycles. The Morgan fingerprint density at radius 3 is 2.55 bits per heavy atom. The van der Waals surface area contributed by atoms with Crippen LogP contribution in [-0.2, 0) is 6.42 Å². The summed E-state index contributed by atoms with van der Waals surface area (Å²) in [6.07, 6.45) is 6.92. The molecule has 1 aromatic carbocycles. The Kier molecular flexibility index (Phi) is 4.85. The van der Waals surface area contributed by atoms with Crippen LogP contribution in [0.4, 0.5) is 0 Å². The molecule has 1 N–H and O–H groups in total. The van der Waals surface area contributed by atoms with Crippen LogP contribution >= 0.6 is 0 Å². The van der Waals surface area contributed by atoms with Crippen molar-refractivity contribution in [3.63, 3.8) is 0 Å². The average molecular weight is 273 g/mol. The SMILES string of the molecule is CCCCc1ccc(C(=O)NC2CCC(C)(C)C2)cc1. The Balaban J connectivity index is 1.89. The molecular formula is C18H27NO. The van der Waals surface area contributed by atoms with E-state index in [-0.39, 0.29) is 5.91 Å². The Hall–Kier alpha value is -1.31. The largest absolute Gasteiger partial charge is 0.349 e. The van der Waals surface area contributed by atoms with Crippen LogP contribution in [0.2, 0.25) is 0 Å². The number of nitrogens with one attached hydrogen (secondary N) is 1. The van der Waals surface area contributed by atoms with Crippen LogP contribution in [-0.4, -0.2) is 11.9 Å². The molecule has 1 fully saturated rings. The van der Waals surface area contributed by atoms with Gasteiger partial charge < -0.3 is 5.32 Å². The summed E-state index contributed by atoms with van der Waals surface area (Å²) in [5, 5.41) is 3.17. The van der Waals surface area contributed by atoms with Gasteiger partial charge >= 0.3 is 0 Å². The highest BCUT2D eigenvalue weighted by molar-refractivity contribution is 5.94. The Morgan fingerprint density at radius 1 is 1.30 bits per heavy atom. The Morgan fingerprint density at radius 2 is 2.00 bits per heavy atom. The highest BCUT2D eigenvalue weighted by Gasteiger charge is 2.31. The molecular weight excluding hydrogens is 246 g/mol. The van der Waals surface area contributed by atoms with Gasteiger partial charge in [-0.15, -0.1) is 0 Å². The number of benzene rings is 1. The quantitative estimate of drug-likeness (QED) is 0.849. The molecule has 0 heterocycles. The number of amides is 1. The summed E-state index contributed by atoms with van der Waals surface area (Å²) in [7, 11) is 0. The topological polar surface area (TPSA) is 29.1 Å². The fraction of sp³-hybridized carbons (Fsp3) is 0.611. The van der Waals surface area contributed by atoms with E-state index in [1.807, 2.05) is 12.1 Å². The van der Waals surface area contributed by atoms with Crippen LogP contribution in [0.1, 0.15) is 68.8 Å². The number of hydrogen-bond acceptors (Lipinski definition) is 1. The zero-order valence-corrected chi connectivity index (χ0v) is 13.0. The zero-order chi connectivity index (χ0) is 14.6. The van der Waals surface area contributed by atoms with Crippen molar-refractivity contribution < 1.29 is 4.79 Å². The molecule has 2 nitrogen and oxygen atoms in total. The lowest BCUT2D eigenvalue weighted by molar-refractivity contribution is 0.0936. The summed E-state index contributed by atoms with van der Waals surface area (Å²) < 4.78 is 0. The first-order valence-corrected chi connectivity index (χ1v) is 7.90. The first-order valence-electron chi connectivity index (χ1n) is 7.90. The van der Waals surface area contributed by atoms with Crippen molar-refractivity contribution >= 4 is 5.91 Å². The maximum absolute atomic E-state index is 12.2. The number of carbonyl (C=O) groups excluding carboxylic acids is 1. The summed E-state index contributed by atoms with van der Waals surface area (Å²) in [5.41, 5.74) is 2.49. The van der Waals surface area contributed by atoms with Gasteiger partial charge in [0, 0.05) is 11.6 Å². The van der Waals surface area contributed by atoms with E-state index in [9.17, 15) is 4.79 Å². The Bertz CT molecular complexity index is 447. The molecule has 1 aliphatic rings. The lowest BCUT2D eigenvalue weighted by Gasteiger charge is -2.18. The van der Waals surface area contributed by atoms with E-state index in [2.05, 4.69) is 38.2 Å². The third-order valence-corrected chi connectivity index (χ3v) is 4.34. The van der Waals surface area contributed by atoms with Gasteiger partial charge in [0.15, 0.2) is 0 Å². The van der Waals surface area contributed by atoms with Crippen LogP contribution in [0.5, 0.6) is 0 Å². The van der Waals surface area contributed by atoms with Crippen molar-refractivity contribution in [3.8, 4) is 0 Å². The molecule has 1 aromatic rings. The van der Waals surface area contributed by atoms with E-state index in [1.165, 1.54) is 24.8 Å². The molecule has 1 unspecified atom stereocenters. The van der Waals surface area contributed by atoms with Gasteiger partial charge in [-0.3, -0.25) is 4.79 Å². The van der Waals surface area contributed by atoms with Crippen LogP contribution in [0.25, 0.3) is 0 Å². The maximum atomic E-state index is 12.2. The molecule has 0 bridgehead atoms. The molecule has 1 saturated carbocycles. The Labute approximate surface area is 123 Å². The third kappa shape index (κ3) is 4.09. The highest BCUT2D eigenvalue weighted by atomic mass is 16.1. The molecule has 1 amide bonds. The van der Waals surface area contributed by atoms with Crippen molar-refractivity contribution in [2.24, 2.45) is 5.41 Å². The van der Waals surface area contributed by atoms with Gasteiger partial charge in [-0.25, -0.2) is 0 Å². The minimum absolute atomic E-state index is 0.0785. The summed E-state index contributed by atoms with van der Waals surface area (Å²) in [6, 6.07) is 8.44. The summed E-state index contributed by atoms with van der Waals surface area (Å²) in [5.74, 6) is 0.0785. The smallest absolute Gasteiger partial charge is 0.251 e. The lowest BCUT2D eigenvalue weighted by Crippen LogP contribution is -2.33. The summed E-state index contributed by atoms with van der Waals surface area (Å²) in [6.45, 7) is 6.76. The van der Waals surface area contributed by atoms with Gasteiger partial charge in [-0.2, -0.15) is 0 Å². The van der Waals surface area contributed by atoms with Crippen molar-refractivity contribution in [2.75, 3.05) is 0 Å². The zero-order valence-electron chi connectivity index (χ0n) is 13.0. The van der Waals surface area contributed by atoms with E-state index in [4.69, 9.17) is 0 Å². The average Bonchev–Trinajstić information content (AvgIpc) is 2.76. The highest BCUT2D eigenvalue weighted by Crippen LogP contribution is 2.36. The van der Waals surface area contributed by atoms with Gasteiger partial charge in [0.1, 0.15) is 0 Å². The molecule has 2 rings (SSSR count). The van der Waals surface area contributed by atoms with E-state index in [1.54, 1.807) is 0 Å². The van der Waals surface area contributed by atoms with Crippen molar-refractivity contribution in [1.82, 2.24) is 5.32 Å². The van der Waals surface area contributed by atoms with Crippen LogP contribution in [0.15, 0.2) is 24.3 Å². The van der Waals surface area contributed by atoms with Gasteiger partial charge in [-0.1, -0.05) is 39.3 Å². The minimum atomic E-state index is 0.0785. The van der Waals surface area contributed by atoms with Crippen molar-refractivity contribution in [1.29, 1.82) is 0 Å². The number of hydrogen-bond donors (Lipinski definition) is 1. The van der Waals surface area contributed by atoms with E-state index >= 15 is 0 Å². The van der Waals surface area contributed by atoms with Crippen LogP contribution in [0, 0.1) is 5.41 Å². The van der Waals surface area contributed by atoms with Crippen LogP contribution < -0.4 is 5.32 Å². The lowest BCUT2D eigenvalue weighted by atomic mass is 9.92. The minimum Gasteiger partial charge on any atom is -0.349 e. The molecule has 1 aliphatic carbocycles. The third-order valence-electron chi connectivity index (χ3n) is 4.34. The molecule has 20 heavy (non-hydrogen) atoms. The standard InChI is InChI=1S/C18H27NO/c1-4-5-6-14-7-9-15(10-8-14)17(20)19-16-11-12-18(2,3)13-16/h7-10,16H,4-6,11-13H2,1-3H3,(H,19,20). The summed E-state index contributed by atoms with van der Waals surface area (Å²) in [4.78, 5) is 12.2. The monoisotopic (exact) mass is 273 g/mol. The molecule has 0 aliphatic heterocycles. The molecule has 2 heteroatoms. The molecule has 0 spiro atoms. The van der Waals surface area contributed by atoms with E-state index in [0.29, 0.717) is 11.5 Å². The van der Waals surface area contributed by atoms with E-state index < -0.39 is 0 Å². The molecule has 1 atom stereocenters.